The first-order valence-electron chi connectivity index (χ1n) is 30.2. The highest BCUT2D eigenvalue weighted by atomic mass is 16.3. The Kier molecular flexibility index (Phi) is 13.9. The van der Waals surface area contributed by atoms with E-state index in [2.05, 4.69) is 235 Å². The van der Waals surface area contributed by atoms with Crippen LogP contribution in [0.3, 0.4) is 0 Å². The molecule has 0 fully saturated rings. The molecule has 10 aromatic carbocycles. The highest BCUT2D eigenvalue weighted by molar-refractivity contribution is 6.79. The summed E-state index contributed by atoms with van der Waals surface area (Å²) in [6.45, 7) is 0. The number of furan rings is 1. The molecule has 0 spiro atoms. The van der Waals surface area contributed by atoms with Crippen molar-refractivity contribution in [1.29, 1.82) is 0 Å². The smallest absolute Gasteiger partial charge is 0.145 e. The molecule has 0 saturated heterocycles. The van der Waals surface area contributed by atoms with E-state index in [4.69, 9.17) is 4.42 Å². The summed E-state index contributed by atoms with van der Waals surface area (Å²) in [5, 5.41) is 16.5. The molecule has 0 unspecified atom stereocenters. The molecule has 0 saturated carbocycles. The number of benzene rings is 10. The van der Waals surface area contributed by atoms with Gasteiger partial charge in [0, 0.05) is 10.8 Å². The van der Waals surface area contributed by atoms with Gasteiger partial charge in [0.2, 0.25) is 0 Å². The van der Waals surface area contributed by atoms with Crippen LogP contribution in [0, 0.1) is 0 Å². The lowest BCUT2D eigenvalue weighted by Gasteiger charge is -2.32. The zero-order chi connectivity index (χ0) is 59.6. The third-order valence-electron chi connectivity index (χ3n) is 23.5. The van der Waals surface area contributed by atoms with E-state index in [1.807, 2.05) is 0 Å². The van der Waals surface area contributed by atoms with Crippen molar-refractivity contribution in [2.75, 3.05) is 0 Å². The lowest BCUT2D eigenvalue weighted by molar-refractivity contribution is 0.675. The highest BCUT2D eigenvalue weighted by Crippen LogP contribution is 2.43. The molecule has 0 amide bonds. The fourth-order valence-electron chi connectivity index (χ4n) is 16.6. The van der Waals surface area contributed by atoms with Crippen molar-refractivity contribution in [3.8, 4) is 33.4 Å². The molecule has 0 aliphatic heterocycles. The maximum atomic E-state index is 7.51. The molecule has 1 heterocycles. The molecular formula is C50H60B30O. The van der Waals surface area contributed by atoms with Gasteiger partial charge in [-0.2, -0.15) is 0 Å². The van der Waals surface area contributed by atoms with Gasteiger partial charge < -0.3 is 4.42 Å². The highest BCUT2D eigenvalue weighted by Gasteiger charge is 2.33. The van der Waals surface area contributed by atoms with Crippen LogP contribution in [0.5, 0.6) is 0 Å². The average molecular weight is 1000 g/mol. The molecule has 31 heteroatoms. The Balaban J connectivity index is 1.45. The summed E-state index contributed by atoms with van der Waals surface area (Å²) in [5.74, 6) is 0. The van der Waals surface area contributed by atoms with Crippen molar-refractivity contribution < 1.29 is 4.42 Å². The Morgan fingerprint density at radius 3 is 0.728 bits per heavy atom. The summed E-state index contributed by atoms with van der Waals surface area (Å²) >= 11 is 0. The Hall–Kier alpha value is -4.75. The number of hydrogen-bond donors (Lipinski definition) is 0. The van der Waals surface area contributed by atoms with E-state index in [-0.39, 0.29) is 0 Å². The van der Waals surface area contributed by atoms with Gasteiger partial charge in [-0.3, -0.25) is 0 Å². The molecule has 0 atom stereocenters. The van der Waals surface area contributed by atoms with Crippen molar-refractivity contribution in [1.82, 2.24) is 0 Å². The van der Waals surface area contributed by atoms with E-state index in [0.717, 1.165) is 11.2 Å². The summed E-state index contributed by atoms with van der Waals surface area (Å²) in [6.07, 6.45) is 0. The molecule has 0 aliphatic rings. The fraction of sp³-hybridized carbons (Fsp3) is 0. The van der Waals surface area contributed by atoms with Crippen LogP contribution in [0.4, 0.5) is 0 Å². The monoisotopic (exact) mass is 1010 g/mol. The third kappa shape index (κ3) is 7.30. The number of fused-ring (bicyclic) bond motifs is 9. The molecule has 0 bridgehead atoms. The second kappa shape index (κ2) is 19.4. The van der Waals surface area contributed by atoms with E-state index in [1.54, 1.807) is 0 Å². The van der Waals surface area contributed by atoms with Crippen LogP contribution < -0.4 is 164 Å². The topological polar surface area (TPSA) is 13.1 Å². The lowest BCUT2D eigenvalue weighted by Crippen LogP contribution is -2.52. The van der Waals surface area contributed by atoms with Gasteiger partial charge >= 0.3 is 0 Å². The maximum Gasteiger partial charge on any atom is 0.145 e. The van der Waals surface area contributed by atoms with Crippen molar-refractivity contribution >= 4 is 475 Å². The molecule has 11 rings (SSSR count). The summed E-state index contributed by atoms with van der Waals surface area (Å²) in [7, 11) is 71.6. The van der Waals surface area contributed by atoms with Crippen LogP contribution in [-0.2, 0) is 0 Å². The molecule has 0 aliphatic carbocycles. The van der Waals surface area contributed by atoms with Gasteiger partial charge in [0.25, 0.3) is 0 Å². The first-order chi connectivity index (χ1) is 37.8. The van der Waals surface area contributed by atoms with Crippen LogP contribution >= 0.6 is 0 Å². The SMILES string of the molecule is Bc1c(B)c(-c2c3c(B)c(B)c(B)c(B)c3c(-c3c(B)c(B)c(B)c4oc5c(B)c6c(B)c(B)c(B)c(B)c6c(B)c5c34)c3c(B)c(B)c(B)c(B)c23)c(B)c(-c2c(B)c(B)c(B)c3c(B)c(B)c4c(B)c(B)c(B)c(B)c4c23)c1B. The van der Waals surface area contributed by atoms with Gasteiger partial charge in [-0.25, -0.2) is 0 Å². The van der Waals surface area contributed by atoms with Crippen molar-refractivity contribution in [2.24, 2.45) is 0 Å². The summed E-state index contributed by atoms with van der Waals surface area (Å²) in [6, 6.07) is 0. The normalized spacial score (nSPS) is 12.0. The predicted octanol–water partition coefficient (Wildman–Crippen LogP) is -37.9. The van der Waals surface area contributed by atoms with Crippen molar-refractivity contribution in [3.63, 3.8) is 0 Å². The van der Waals surface area contributed by atoms with Crippen LogP contribution in [0.2, 0.25) is 0 Å². The minimum absolute atomic E-state index is 1.02. The molecule has 81 heavy (non-hydrogen) atoms. The number of hydrogen-bond acceptors (Lipinski definition) is 1. The second-order valence-corrected chi connectivity index (χ2v) is 26.3. The lowest BCUT2D eigenvalue weighted by atomic mass is 9.55. The van der Waals surface area contributed by atoms with E-state index >= 15 is 0 Å². The Labute approximate surface area is 509 Å². The van der Waals surface area contributed by atoms with Gasteiger partial charge in [-0.05, 0) is 92.7 Å². The fourth-order valence-corrected chi connectivity index (χ4v) is 16.6. The first-order valence-corrected chi connectivity index (χ1v) is 30.2. The second-order valence-electron chi connectivity index (χ2n) is 26.3. The molecule has 0 radical (unpaired) electrons. The third-order valence-corrected chi connectivity index (χ3v) is 23.5. The Bertz CT molecular complexity index is 4850. The van der Waals surface area contributed by atoms with Gasteiger partial charge in [0.1, 0.15) is 247 Å². The summed E-state index contributed by atoms with van der Waals surface area (Å²) < 4.78 is 7.51. The minimum Gasteiger partial charge on any atom is -0.457 e. The first kappa shape index (κ1) is 58.0. The molecule has 1 aromatic heterocycles. The van der Waals surface area contributed by atoms with E-state index in [0.29, 0.717) is 0 Å². The largest absolute Gasteiger partial charge is 0.457 e. The summed E-state index contributed by atoms with van der Waals surface area (Å²) in [5.41, 5.74) is 51.3. The Morgan fingerprint density at radius 1 is 0.111 bits per heavy atom. The van der Waals surface area contributed by atoms with Crippen molar-refractivity contribution in [2.45, 2.75) is 0 Å². The Morgan fingerprint density at radius 2 is 0.333 bits per heavy atom. The van der Waals surface area contributed by atoms with Crippen LogP contribution in [0.15, 0.2) is 4.42 Å². The number of rotatable bonds is 3. The van der Waals surface area contributed by atoms with Gasteiger partial charge in [0.05, 0.1) is 0 Å². The maximum absolute atomic E-state index is 7.51. The molecular weight excluding hydrogens is 941 g/mol. The summed E-state index contributed by atoms with van der Waals surface area (Å²) in [4.78, 5) is 0. The average Bonchev–Trinajstić information content (AvgIpc) is 3.16. The molecule has 0 N–H and O–H groups in total. The van der Waals surface area contributed by atoms with Gasteiger partial charge in [0.15, 0.2) is 0 Å². The van der Waals surface area contributed by atoms with Crippen molar-refractivity contribution in [3.05, 3.63) is 0 Å². The molecule has 356 valence electrons. The quantitative estimate of drug-likeness (QED) is 0.0977. The molecule has 11 aromatic rings. The molecule has 1 nitrogen and oxygen atoms in total. The minimum atomic E-state index is 1.02. The van der Waals surface area contributed by atoms with Crippen LogP contribution in [-0.4, -0.2) is 235 Å². The van der Waals surface area contributed by atoms with Gasteiger partial charge in [-0.1, -0.05) is 104 Å². The zero-order valence-corrected chi connectivity index (χ0v) is 55.4. The van der Waals surface area contributed by atoms with E-state index in [1.165, 1.54) is 262 Å². The predicted molar refractivity (Wildman–Crippen MR) is 463 cm³/mol. The van der Waals surface area contributed by atoms with Crippen LogP contribution in [0.1, 0.15) is 0 Å². The van der Waals surface area contributed by atoms with E-state index in [9.17, 15) is 0 Å². The van der Waals surface area contributed by atoms with Gasteiger partial charge in [-0.15, -0.1) is 54.6 Å². The van der Waals surface area contributed by atoms with Crippen LogP contribution in [0.25, 0.3) is 109 Å². The van der Waals surface area contributed by atoms with E-state index < -0.39 is 0 Å². The standard InChI is InChI=1S/C50H60B30O/c51-19-12(30(62)38(70)32(64)14(19)9-3-10-15(33(65)44(76)43(75)27(10)59)29(61)28(60)13(3)31(63)37(69)26(9)58)2-6-4(21(53)39(71)41(73)23(6)55)1(5-7(2)24(56)42(74)40(72)22(5)54)8-11-18-20(52)16-17(35(67)46(78)45(77)34(16)66)36(68)50(18)81-49(11)48(80)47(79)25(8)57/h51-80H2. The zero-order valence-electron chi connectivity index (χ0n) is 55.4.